The molecule has 2 aromatic carbocycles. The van der Waals surface area contributed by atoms with Crippen molar-refractivity contribution in [1.82, 2.24) is 4.72 Å². The van der Waals surface area contributed by atoms with Gasteiger partial charge in [0.05, 0.1) is 10.1 Å². The summed E-state index contributed by atoms with van der Waals surface area (Å²) in [4.78, 5) is 12.1. The summed E-state index contributed by atoms with van der Waals surface area (Å²) in [5, 5.41) is -0.198. The van der Waals surface area contributed by atoms with Gasteiger partial charge in [0.2, 0.25) is 5.91 Å². The first-order chi connectivity index (χ1) is 10.9. The van der Waals surface area contributed by atoms with Gasteiger partial charge in [-0.1, -0.05) is 48.0 Å². The Kier molecular flexibility index (Phi) is 6.10. The number of hydrogen-bond donors (Lipinski definition) is 1. The smallest absolute Gasteiger partial charge is 0.264 e. The number of carbonyl (C=O) groups excluding carboxylic acids is 1. The van der Waals surface area contributed by atoms with E-state index >= 15 is 0 Å². The van der Waals surface area contributed by atoms with Gasteiger partial charge in [-0.05, 0) is 30.7 Å². The van der Waals surface area contributed by atoms with Crippen molar-refractivity contribution in [3.8, 4) is 0 Å². The van der Waals surface area contributed by atoms with E-state index in [2.05, 4.69) is 4.72 Å². The largest absolute Gasteiger partial charge is 0.273 e. The summed E-state index contributed by atoms with van der Waals surface area (Å²) in [6.45, 7) is 1.68. The number of hydrogen-bond acceptors (Lipinski definition) is 4. The minimum Gasteiger partial charge on any atom is -0.273 e. The Bertz CT molecular complexity index is 779. The zero-order valence-electron chi connectivity index (χ0n) is 12.4. The van der Waals surface area contributed by atoms with Gasteiger partial charge in [0.1, 0.15) is 0 Å². The molecular weight excluding hydrogens is 354 g/mol. The van der Waals surface area contributed by atoms with Crippen molar-refractivity contribution < 1.29 is 13.2 Å². The van der Waals surface area contributed by atoms with Crippen molar-refractivity contribution in [2.45, 2.75) is 22.8 Å². The van der Waals surface area contributed by atoms with E-state index in [1.807, 2.05) is 30.3 Å². The third kappa shape index (κ3) is 5.27. The maximum Gasteiger partial charge on any atom is 0.264 e. The van der Waals surface area contributed by atoms with Crippen molar-refractivity contribution in [3.05, 3.63) is 65.2 Å². The molecule has 0 radical (unpaired) electrons. The predicted molar refractivity (Wildman–Crippen MR) is 94.0 cm³/mol. The molecule has 7 heteroatoms. The number of rotatable bonds is 6. The van der Waals surface area contributed by atoms with Crippen molar-refractivity contribution in [1.29, 1.82) is 0 Å². The normalized spacial score (nSPS) is 12.6. The average Bonchev–Trinajstić information content (AvgIpc) is 2.53. The van der Waals surface area contributed by atoms with Crippen LogP contribution in [0, 0.1) is 0 Å². The van der Waals surface area contributed by atoms with Gasteiger partial charge in [0.15, 0.2) is 0 Å². The lowest BCUT2D eigenvalue weighted by molar-refractivity contribution is -0.118. The van der Waals surface area contributed by atoms with Gasteiger partial charge in [-0.2, -0.15) is 0 Å². The fourth-order valence-electron chi connectivity index (χ4n) is 1.78. The molecule has 0 aliphatic rings. The molecule has 122 valence electrons. The molecule has 0 fully saturated rings. The number of halogens is 1. The van der Waals surface area contributed by atoms with Gasteiger partial charge in [-0.25, -0.2) is 13.1 Å². The maximum absolute atomic E-state index is 12.2. The van der Waals surface area contributed by atoms with Crippen LogP contribution in [0.5, 0.6) is 0 Å². The molecule has 0 aliphatic carbocycles. The molecule has 2 rings (SSSR count). The molecule has 1 atom stereocenters. The van der Waals surface area contributed by atoms with E-state index in [4.69, 9.17) is 11.6 Å². The molecule has 1 amide bonds. The maximum atomic E-state index is 12.2. The molecule has 0 heterocycles. The van der Waals surface area contributed by atoms with Gasteiger partial charge in [-0.3, -0.25) is 4.79 Å². The lowest BCUT2D eigenvalue weighted by Gasteiger charge is -2.12. The number of thioether (sulfide) groups is 1. The van der Waals surface area contributed by atoms with Crippen molar-refractivity contribution >= 4 is 39.3 Å². The van der Waals surface area contributed by atoms with Crippen LogP contribution < -0.4 is 4.72 Å². The van der Waals surface area contributed by atoms with Crippen LogP contribution in [0.4, 0.5) is 0 Å². The van der Waals surface area contributed by atoms with Gasteiger partial charge >= 0.3 is 0 Å². The van der Waals surface area contributed by atoms with Crippen molar-refractivity contribution in [2.24, 2.45) is 0 Å². The Hall–Kier alpha value is -1.50. The van der Waals surface area contributed by atoms with Crippen LogP contribution in [0.2, 0.25) is 5.02 Å². The molecule has 4 nitrogen and oxygen atoms in total. The molecule has 1 unspecified atom stereocenters. The Balaban J connectivity index is 1.97. The predicted octanol–water partition coefficient (Wildman–Crippen LogP) is 3.47. The highest BCUT2D eigenvalue weighted by molar-refractivity contribution is 8.00. The summed E-state index contributed by atoms with van der Waals surface area (Å²) in [5.41, 5.74) is 1.08. The number of benzene rings is 2. The molecular formula is C16H16ClNO3S2. The number of carbonyl (C=O) groups is 1. The first-order valence-electron chi connectivity index (χ1n) is 6.86. The molecule has 0 saturated heterocycles. The van der Waals surface area contributed by atoms with Crippen LogP contribution in [0.15, 0.2) is 59.5 Å². The van der Waals surface area contributed by atoms with Gasteiger partial charge < -0.3 is 0 Å². The molecule has 1 N–H and O–H groups in total. The van der Waals surface area contributed by atoms with E-state index in [-0.39, 0.29) is 4.90 Å². The fourth-order valence-corrected chi connectivity index (χ4v) is 4.05. The fraction of sp³-hybridized carbons (Fsp3) is 0.188. The van der Waals surface area contributed by atoms with Crippen molar-refractivity contribution in [2.75, 3.05) is 0 Å². The monoisotopic (exact) mass is 369 g/mol. The highest BCUT2D eigenvalue weighted by Gasteiger charge is 2.22. The van der Waals surface area contributed by atoms with E-state index in [0.29, 0.717) is 10.8 Å². The Morgan fingerprint density at radius 1 is 1.17 bits per heavy atom. The topological polar surface area (TPSA) is 63.2 Å². The minimum absolute atomic E-state index is 0.0291. The Morgan fingerprint density at radius 3 is 2.52 bits per heavy atom. The molecule has 23 heavy (non-hydrogen) atoms. The third-order valence-electron chi connectivity index (χ3n) is 3.05. The molecule has 0 saturated carbocycles. The summed E-state index contributed by atoms with van der Waals surface area (Å²) in [6.07, 6.45) is 0. The second-order valence-corrected chi connectivity index (χ2v) is 8.31. The minimum atomic E-state index is -3.91. The number of nitrogens with one attached hydrogen (secondary N) is 1. The second-order valence-electron chi connectivity index (χ2n) is 4.87. The highest BCUT2D eigenvalue weighted by Crippen LogP contribution is 2.19. The summed E-state index contributed by atoms with van der Waals surface area (Å²) >= 11 is 7.16. The average molecular weight is 370 g/mol. The van der Waals surface area contributed by atoms with Crippen LogP contribution in [-0.2, 0) is 20.6 Å². The summed E-state index contributed by atoms with van der Waals surface area (Å²) in [5.74, 6) is 0.0815. The van der Waals surface area contributed by atoms with E-state index in [1.165, 1.54) is 30.0 Å². The van der Waals surface area contributed by atoms with Crippen LogP contribution in [-0.4, -0.2) is 19.6 Å². The van der Waals surface area contributed by atoms with Crippen molar-refractivity contribution in [3.63, 3.8) is 0 Å². The van der Waals surface area contributed by atoms with Crippen LogP contribution in [0.3, 0.4) is 0 Å². The second kappa shape index (κ2) is 7.86. The zero-order valence-corrected chi connectivity index (χ0v) is 14.8. The van der Waals surface area contributed by atoms with Gasteiger partial charge in [-0.15, -0.1) is 11.8 Å². The van der Waals surface area contributed by atoms with Crippen LogP contribution in [0.1, 0.15) is 12.5 Å². The molecule has 0 spiro atoms. The van der Waals surface area contributed by atoms with Gasteiger partial charge in [0.25, 0.3) is 10.0 Å². The third-order valence-corrected chi connectivity index (χ3v) is 5.85. The molecule has 0 aromatic heterocycles. The molecule has 0 bridgehead atoms. The van der Waals surface area contributed by atoms with E-state index in [9.17, 15) is 13.2 Å². The highest BCUT2D eigenvalue weighted by atomic mass is 35.5. The number of sulfonamides is 1. The standard InChI is InChI=1S/C16H16ClNO3S2/c1-12(22-11-13-6-3-2-4-7-13)16(19)18-23(20,21)15-9-5-8-14(17)10-15/h2-10,12H,11H2,1H3,(H,18,19). The SMILES string of the molecule is CC(SCc1ccccc1)C(=O)NS(=O)(=O)c1cccc(Cl)c1. The Labute approximate surface area is 145 Å². The lowest BCUT2D eigenvalue weighted by atomic mass is 10.2. The zero-order chi connectivity index (χ0) is 16.9. The quantitative estimate of drug-likeness (QED) is 0.846. The lowest BCUT2D eigenvalue weighted by Crippen LogP contribution is -2.36. The van der Waals surface area contributed by atoms with Crippen LogP contribution in [0.25, 0.3) is 0 Å². The summed E-state index contributed by atoms with van der Waals surface area (Å²) in [6, 6.07) is 15.5. The van der Waals surface area contributed by atoms with Crippen LogP contribution >= 0.6 is 23.4 Å². The molecule has 2 aromatic rings. The first-order valence-corrected chi connectivity index (χ1v) is 9.77. The summed E-state index contributed by atoms with van der Waals surface area (Å²) < 4.78 is 26.4. The number of amides is 1. The van der Waals surface area contributed by atoms with E-state index < -0.39 is 21.2 Å². The Morgan fingerprint density at radius 2 is 1.87 bits per heavy atom. The first kappa shape index (κ1) is 17.8. The van der Waals surface area contributed by atoms with E-state index in [0.717, 1.165) is 5.56 Å². The van der Waals surface area contributed by atoms with Gasteiger partial charge in [0, 0.05) is 10.8 Å². The van der Waals surface area contributed by atoms with E-state index in [1.54, 1.807) is 13.0 Å². The summed E-state index contributed by atoms with van der Waals surface area (Å²) in [7, 11) is -3.91. The molecule has 0 aliphatic heterocycles.